The smallest absolute Gasteiger partial charge is 0.307 e. The number of carboxylic acids is 1. The van der Waals surface area contributed by atoms with Crippen molar-refractivity contribution >= 4 is 33.5 Å². The molecule has 0 radical (unpaired) electrons. The van der Waals surface area contributed by atoms with Gasteiger partial charge in [0.25, 0.3) is 0 Å². The number of carbonyl (C=O) groups is 2. The summed E-state index contributed by atoms with van der Waals surface area (Å²) in [6, 6.07) is 14.0. The van der Waals surface area contributed by atoms with E-state index in [4.69, 9.17) is 4.74 Å². The van der Waals surface area contributed by atoms with Gasteiger partial charge in [0.1, 0.15) is 0 Å². The summed E-state index contributed by atoms with van der Waals surface area (Å²) in [5.41, 5.74) is 4.23. The third kappa shape index (κ3) is 4.16. The number of hydrogen-bond acceptors (Lipinski definition) is 5. The molecule has 33 heavy (non-hydrogen) atoms. The summed E-state index contributed by atoms with van der Waals surface area (Å²) < 4.78 is 7.26. The molecule has 1 amide bonds. The lowest BCUT2D eigenvalue weighted by Crippen LogP contribution is -2.76. The highest BCUT2D eigenvalue weighted by molar-refractivity contribution is 9.10. The number of carboxylic acid groups (broad SMARTS) is 1. The summed E-state index contributed by atoms with van der Waals surface area (Å²) in [5, 5.41) is 13.3. The Morgan fingerprint density at radius 3 is 2.85 bits per heavy atom. The van der Waals surface area contributed by atoms with Crippen molar-refractivity contribution < 1.29 is 19.4 Å². The van der Waals surface area contributed by atoms with Crippen LogP contribution < -0.4 is 5.32 Å². The van der Waals surface area contributed by atoms with Crippen LogP contribution in [-0.2, 0) is 27.3 Å². The fourth-order valence-corrected chi connectivity index (χ4v) is 5.48. The quantitative estimate of drug-likeness (QED) is 0.608. The van der Waals surface area contributed by atoms with Gasteiger partial charge in [-0.15, -0.1) is 0 Å². The van der Waals surface area contributed by atoms with Gasteiger partial charge in [0.05, 0.1) is 18.7 Å². The van der Waals surface area contributed by atoms with Crippen molar-refractivity contribution in [2.45, 2.75) is 51.1 Å². The van der Waals surface area contributed by atoms with E-state index in [1.165, 1.54) is 0 Å². The van der Waals surface area contributed by atoms with Gasteiger partial charge in [-0.05, 0) is 48.6 Å². The summed E-state index contributed by atoms with van der Waals surface area (Å²) in [7, 11) is 0. The van der Waals surface area contributed by atoms with Crippen molar-refractivity contribution in [1.82, 2.24) is 9.80 Å². The normalized spacial score (nSPS) is 24.9. The second-order valence-electron chi connectivity index (χ2n) is 9.24. The summed E-state index contributed by atoms with van der Waals surface area (Å²) >= 11 is 3.48. The third-order valence-electron chi connectivity index (χ3n) is 7.05. The number of ether oxygens (including phenoxy) is 1. The first-order chi connectivity index (χ1) is 15.9. The zero-order chi connectivity index (χ0) is 23.2. The number of anilines is 1. The molecule has 4 aliphatic heterocycles. The van der Waals surface area contributed by atoms with Crippen LogP contribution in [0.5, 0.6) is 0 Å². The van der Waals surface area contributed by atoms with Crippen LogP contribution in [0, 0.1) is 12.8 Å². The van der Waals surface area contributed by atoms with E-state index in [-0.39, 0.29) is 18.4 Å². The maximum atomic E-state index is 13.5. The maximum absolute atomic E-state index is 13.5. The minimum Gasteiger partial charge on any atom is -0.481 e. The first kappa shape index (κ1) is 22.4. The van der Waals surface area contributed by atoms with E-state index in [1.54, 1.807) is 4.90 Å². The second kappa shape index (κ2) is 8.74. The third-order valence-corrected chi connectivity index (χ3v) is 7.94. The van der Waals surface area contributed by atoms with Gasteiger partial charge in [0, 0.05) is 36.1 Å². The Bertz CT molecular complexity index is 1090. The lowest BCUT2D eigenvalue weighted by atomic mass is 9.90. The highest BCUT2D eigenvalue weighted by Gasteiger charge is 2.59. The van der Waals surface area contributed by atoms with Crippen molar-refractivity contribution in [3.63, 3.8) is 0 Å². The van der Waals surface area contributed by atoms with Crippen molar-refractivity contribution in [2.24, 2.45) is 5.92 Å². The van der Waals surface area contributed by atoms with Crippen LogP contribution in [0.2, 0.25) is 0 Å². The van der Waals surface area contributed by atoms with Crippen molar-refractivity contribution in [2.75, 3.05) is 18.5 Å². The molecule has 0 spiro atoms. The Morgan fingerprint density at radius 1 is 1.30 bits per heavy atom. The van der Waals surface area contributed by atoms with Gasteiger partial charge in [-0.3, -0.25) is 9.59 Å². The molecular weight excluding hydrogens is 486 g/mol. The molecule has 3 unspecified atom stereocenters. The average molecular weight is 514 g/mol. The molecule has 2 N–H and O–H groups in total. The van der Waals surface area contributed by atoms with Gasteiger partial charge in [0.15, 0.2) is 0 Å². The Hall–Kier alpha value is -2.42. The molecule has 3 saturated heterocycles. The molecule has 6 rings (SSSR count). The Balaban J connectivity index is 1.33. The van der Waals surface area contributed by atoms with Gasteiger partial charge in [-0.1, -0.05) is 46.3 Å². The van der Waals surface area contributed by atoms with Crippen LogP contribution in [0.25, 0.3) is 0 Å². The fourth-order valence-electron chi connectivity index (χ4n) is 5.24. The number of halogens is 1. The lowest BCUT2D eigenvalue weighted by Gasteiger charge is -2.62. The molecule has 0 saturated carbocycles. The van der Waals surface area contributed by atoms with Crippen molar-refractivity contribution in [1.29, 1.82) is 0 Å². The molecule has 8 heteroatoms. The van der Waals surface area contributed by atoms with Crippen molar-refractivity contribution in [3.8, 4) is 0 Å². The van der Waals surface area contributed by atoms with Gasteiger partial charge < -0.3 is 20.1 Å². The van der Waals surface area contributed by atoms with Crippen LogP contribution >= 0.6 is 15.9 Å². The molecule has 0 aromatic heterocycles. The average Bonchev–Trinajstić information content (AvgIpc) is 2.79. The number of nitrogens with one attached hydrogen (secondary N) is 1. The molecule has 4 heterocycles. The van der Waals surface area contributed by atoms with Crippen LogP contribution in [0.4, 0.5) is 5.69 Å². The number of carbonyl (C=O) groups excluding carboxylic acids is 1. The number of aliphatic carboxylic acids is 1. The highest BCUT2D eigenvalue weighted by atomic mass is 79.9. The number of hydrogen-bond donors (Lipinski definition) is 2. The van der Waals surface area contributed by atoms with Crippen LogP contribution in [0.15, 0.2) is 46.9 Å². The van der Waals surface area contributed by atoms with Gasteiger partial charge >= 0.3 is 5.97 Å². The van der Waals surface area contributed by atoms with E-state index in [1.807, 2.05) is 37.3 Å². The van der Waals surface area contributed by atoms with E-state index in [9.17, 15) is 14.7 Å². The Labute approximate surface area is 201 Å². The molecule has 2 aromatic carbocycles. The number of benzene rings is 2. The van der Waals surface area contributed by atoms with E-state index >= 15 is 0 Å². The predicted molar refractivity (Wildman–Crippen MR) is 127 cm³/mol. The van der Waals surface area contributed by atoms with Gasteiger partial charge in [-0.25, -0.2) is 4.90 Å². The Kier molecular flexibility index (Phi) is 5.93. The number of piperidine rings is 1. The summed E-state index contributed by atoms with van der Waals surface area (Å²) in [6.07, 6.45) is 1.98. The number of rotatable bonds is 6. The van der Waals surface area contributed by atoms with Crippen molar-refractivity contribution in [3.05, 3.63) is 63.6 Å². The largest absolute Gasteiger partial charge is 0.481 e. The lowest BCUT2D eigenvalue weighted by molar-refractivity contribution is -0.369. The monoisotopic (exact) mass is 513 g/mol. The van der Waals surface area contributed by atoms with E-state index in [0.29, 0.717) is 26.2 Å². The fraction of sp³-hybridized carbons (Fsp3) is 0.440. The first-order valence-corrected chi connectivity index (χ1v) is 12.2. The summed E-state index contributed by atoms with van der Waals surface area (Å²) in [5.74, 6) is -2.69. The Morgan fingerprint density at radius 2 is 2.09 bits per heavy atom. The van der Waals surface area contributed by atoms with Crippen LogP contribution in [0.1, 0.15) is 36.0 Å². The van der Waals surface area contributed by atoms with E-state index < -0.39 is 17.7 Å². The van der Waals surface area contributed by atoms with E-state index in [0.717, 1.165) is 39.7 Å². The topological polar surface area (TPSA) is 82.1 Å². The molecular formula is C25H28BrN3O4. The molecule has 3 atom stereocenters. The number of amides is 1. The SMILES string of the molecule is Cc1cc(CC(CC(=O)N2CCC3CC2(N2CNc4ccccc4C2)O3)C(=O)O)ccc1Br. The zero-order valence-corrected chi connectivity index (χ0v) is 20.2. The van der Waals surface area contributed by atoms with E-state index in [2.05, 4.69) is 38.3 Å². The maximum Gasteiger partial charge on any atom is 0.307 e. The van der Waals surface area contributed by atoms with Gasteiger partial charge in [-0.2, -0.15) is 0 Å². The van der Waals surface area contributed by atoms with Gasteiger partial charge in [0.2, 0.25) is 11.8 Å². The molecule has 7 nitrogen and oxygen atoms in total. The molecule has 4 aliphatic rings. The minimum absolute atomic E-state index is 0.0436. The highest BCUT2D eigenvalue weighted by Crippen LogP contribution is 2.47. The molecule has 0 aliphatic carbocycles. The summed E-state index contributed by atoms with van der Waals surface area (Å²) in [6.45, 7) is 3.82. The van der Waals surface area contributed by atoms with Crippen LogP contribution in [0.3, 0.4) is 0 Å². The number of para-hydroxylation sites is 1. The first-order valence-electron chi connectivity index (χ1n) is 11.4. The molecule has 2 aromatic rings. The number of fused-ring (bicyclic) bond motifs is 3. The number of aryl methyl sites for hydroxylation is 1. The molecule has 174 valence electrons. The number of nitrogens with zero attached hydrogens (tertiary/aromatic N) is 2. The standard InChI is InChI=1S/C25H28BrN3O4/c1-16-10-17(6-7-21(16)26)11-19(24(31)32)12-23(30)29-9-8-20-13-25(29,33-20)28-14-18-4-2-3-5-22(18)27-15-28/h2-7,10,19-20,27H,8-9,11-15H2,1H3,(H,31,32). The molecule has 3 fully saturated rings. The summed E-state index contributed by atoms with van der Waals surface area (Å²) in [4.78, 5) is 29.5. The molecule has 2 bridgehead atoms. The zero-order valence-electron chi connectivity index (χ0n) is 18.6. The minimum atomic E-state index is -0.948. The van der Waals surface area contributed by atoms with Crippen LogP contribution in [-0.4, -0.2) is 51.9 Å². The predicted octanol–water partition coefficient (Wildman–Crippen LogP) is 3.95. The second-order valence-corrected chi connectivity index (χ2v) is 10.1.